The standard InChI is InChI=1S/C18H30N2/c1-5-16-11-12-20(18(2,3)4)14-17(16)19-13-15-9-7-6-8-10-15/h6-10,16-17,19H,5,11-14H2,1-4H3. The van der Waals surface area contributed by atoms with E-state index in [0.29, 0.717) is 6.04 Å². The molecule has 0 amide bonds. The number of likely N-dealkylation sites (tertiary alicyclic amines) is 1. The van der Waals surface area contributed by atoms with Gasteiger partial charge in [-0.1, -0.05) is 43.7 Å². The van der Waals surface area contributed by atoms with Crippen molar-refractivity contribution in [3.05, 3.63) is 35.9 Å². The molecule has 20 heavy (non-hydrogen) atoms. The van der Waals surface area contributed by atoms with Gasteiger partial charge in [0, 0.05) is 24.7 Å². The normalized spacial score (nSPS) is 24.8. The Kier molecular flexibility index (Phi) is 5.22. The molecule has 2 nitrogen and oxygen atoms in total. The highest BCUT2D eigenvalue weighted by atomic mass is 15.2. The predicted octanol–water partition coefficient (Wildman–Crippen LogP) is 3.68. The van der Waals surface area contributed by atoms with Crippen molar-refractivity contribution in [1.29, 1.82) is 0 Å². The van der Waals surface area contributed by atoms with E-state index in [1.807, 2.05) is 0 Å². The zero-order valence-corrected chi connectivity index (χ0v) is 13.5. The summed E-state index contributed by atoms with van der Waals surface area (Å²) >= 11 is 0. The quantitative estimate of drug-likeness (QED) is 0.901. The Balaban J connectivity index is 1.95. The van der Waals surface area contributed by atoms with Crippen molar-refractivity contribution in [3.8, 4) is 0 Å². The van der Waals surface area contributed by atoms with Gasteiger partial charge in [-0.15, -0.1) is 0 Å². The van der Waals surface area contributed by atoms with Gasteiger partial charge in [0.1, 0.15) is 0 Å². The van der Waals surface area contributed by atoms with E-state index in [9.17, 15) is 0 Å². The van der Waals surface area contributed by atoms with Crippen LogP contribution >= 0.6 is 0 Å². The van der Waals surface area contributed by atoms with Crippen LogP contribution in [-0.4, -0.2) is 29.6 Å². The molecule has 0 bridgehead atoms. The molecule has 1 aliphatic heterocycles. The molecular weight excluding hydrogens is 244 g/mol. The highest BCUT2D eigenvalue weighted by molar-refractivity contribution is 5.14. The van der Waals surface area contributed by atoms with Gasteiger partial charge in [0.2, 0.25) is 0 Å². The molecule has 2 unspecified atom stereocenters. The number of piperidine rings is 1. The van der Waals surface area contributed by atoms with Crippen molar-refractivity contribution in [1.82, 2.24) is 10.2 Å². The summed E-state index contributed by atoms with van der Waals surface area (Å²) in [7, 11) is 0. The van der Waals surface area contributed by atoms with Crippen LogP contribution in [0.2, 0.25) is 0 Å². The zero-order chi connectivity index (χ0) is 14.6. The van der Waals surface area contributed by atoms with E-state index in [1.54, 1.807) is 0 Å². The van der Waals surface area contributed by atoms with E-state index >= 15 is 0 Å². The average Bonchev–Trinajstić information content (AvgIpc) is 2.45. The smallest absolute Gasteiger partial charge is 0.0227 e. The lowest BCUT2D eigenvalue weighted by Gasteiger charge is -2.45. The lowest BCUT2D eigenvalue weighted by Crippen LogP contribution is -2.55. The molecule has 2 heteroatoms. The van der Waals surface area contributed by atoms with E-state index in [0.717, 1.165) is 12.5 Å². The molecule has 1 aromatic carbocycles. The number of hydrogen-bond donors (Lipinski definition) is 1. The average molecular weight is 274 g/mol. The topological polar surface area (TPSA) is 15.3 Å². The first-order valence-corrected chi connectivity index (χ1v) is 8.03. The minimum Gasteiger partial charge on any atom is -0.308 e. The second kappa shape index (κ2) is 6.73. The lowest BCUT2D eigenvalue weighted by molar-refractivity contribution is 0.0606. The van der Waals surface area contributed by atoms with Crippen LogP contribution in [0, 0.1) is 5.92 Å². The van der Waals surface area contributed by atoms with Crippen LogP contribution in [0.3, 0.4) is 0 Å². The van der Waals surface area contributed by atoms with E-state index in [4.69, 9.17) is 0 Å². The number of rotatable bonds is 4. The van der Waals surface area contributed by atoms with E-state index in [1.165, 1.54) is 31.5 Å². The molecule has 1 aromatic rings. The molecule has 0 saturated carbocycles. The Bertz CT molecular complexity index is 394. The maximum absolute atomic E-state index is 3.80. The molecule has 0 spiro atoms. The lowest BCUT2D eigenvalue weighted by atomic mass is 9.87. The van der Waals surface area contributed by atoms with E-state index in [2.05, 4.69) is 68.2 Å². The summed E-state index contributed by atoms with van der Waals surface area (Å²) in [6.07, 6.45) is 2.60. The van der Waals surface area contributed by atoms with Crippen LogP contribution in [0.1, 0.15) is 46.1 Å². The number of benzene rings is 1. The molecule has 0 radical (unpaired) electrons. The van der Waals surface area contributed by atoms with Gasteiger partial charge in [-0.05, 0) is 45.2 Å². The minimum atomic E-state index is 0.283. The monoisotopic (exact) mass is 274 g/mol. The van der Waals surface area contributed by atoms with Gasteiger partial charge in [0.15, 0.2) is 0 Å². The maximum Gasteiger partial charge on any atom is 0.0227 e. The molecule has 1 saturated heterocycles. The number of nitrogens with one attached hydrogen (secondary N) is 1. The van der Waals surface area contributed by atoms with Gasteiger partial charge in [0.05, 0.1) is 0 Å². The summed E-state index contributed by atoms with van der Waals surface area (Å²) in [5.74, 6) is 0.817. The SMILES string of the molecule is CCC1CCN(C(C)(C)C)CC1NCc1ccccc1. The molecule has 1 heterocycles. The van der Waals surface area contributed by atoms with Crippen LogP contribution in [0.4, 0.5) is 0 Å². The Morgan fingerprint density at radius 3 is 2.50 bits per heavy atom. The summed E-state index contributed by atoms with van der Waals surface area (Å²) in [4.78, 5) is 2.63. The zero-order valence-electron chi connectivity index (χ0n) is 13.5. The Morgan fingerprint density at radius 1 is 1.20 bits per heavy atom. The number of hydrogen-bond acceptors (Lipinski definition) is 2. The molecule has 1 N–H and O–H groups in total. The van der Waals surface area contributed by atoms with E-state index in [-0.39, 0.29) is 5.54 Å². The van der Waals surface area contributed by atoms with Gasteiger partial charge in [-0.25, -0.2) is 0 Å². The Morgan fingerprint density at radius 2 is 1.90 bits per heavy atom. The van der Waals surface area contributed by atoms with Crippen LogP contribution in [0.25, 0.3) is 0 Å². The van der Waals surface area contributed by atoms with Crippen LogP contribution in [0.5, 0.6) is 0 Å². The summed E-state index contributed by atoms with van der Waals surface area (Å²) in [5, 5.41) is 3.80. The first-order chi connectivity index (χ1) is 9.50. The van der Waals surface area contributed by atoms with E-state index < -0.39 is 0 Å². The summed E-state index contributed by atoms with van der Waals surface area (Å²) in [6.45, 7) is 12.7. The Hall–Kier alpha value is -0.860. The fraction of sp³-hybridized carbons (Fsp3) is 0.667. The third-order valence-electron chi connectivity index (χ3n) is 4.64. The van der Waals surface area contributed by atoms with Crippen LogP contribution in [-0.2, 0) is 6.54 Å². The summed E-state index contributed by atoms with van der Waals surface area (Å²) in [5.41, 5.74) is 1.67. The third kappa shape index (κ3) is 4.07. The van der Waals surface area contributed by atoms with Gasteiger partial charge >= 0.3 is 0 Å². The van der Waals surface area contributed by atoms with Gasteiger partial charge in [-0.3, -0.25) is 4.90 Å². The van der Waals surface area contributed by atoms with Crippen molar-refractivity contribution >= 4 is 0 Å². The van der Waals surface area contributed by atoms with Crippen molar-refractivity contribution in [3.63, 3.8) is 0 Å². The fourth-order valence-electron chi connectivity index (χ4n) is 3.17. The van der Waals surface area contributed by atoms with Crippen LogP contribution < -0.4 is 5.32 Å². The number of nitrogens with zero attached hydrogens (tertiary/aromatic N) is 1. The fourth-order valence-corrected chi connectivity index (χ4v) is 3.17. The molecule has 0 aromatic heterocycles. The second-order valence-corrected chi connectivity index (χ2v) is 7.05. The largest absolute Gasteiger partial charge is 0.308 e. The van der Waals surface area contributed by atoms with Crippen molar-refractivity contribution in [2.45, 2.75) is 58.7 Å². The molecule has 2 atom stereocenters. The molecule has 2 rings (SSSR count). The highest BCUT2D eigenvalue weighted by Crippen LogP contribution is 2.26. The van der Waals surface area contributed by atoms with Crippen molar-refractivity contribution in [2.24, 2.45) is 5.92 Å². The second-order valence-electron chi connectivity index (χ2n) is 7.05. The van der Waals surface area contributed by atoms with Gasteiger partial charge in [0.25, 0.3) is 0 Å². The highest BCUT2D eigenvalue weighted by Gasteiger charge is 2.32. The predicted molar refractivity (Wildman–Crippen MR) is 86.8 cm³/mol. The third-order valence-corrected chi connectivity index (χ3v) is 4.64. The minimum absolute atomic E-state index is 0.283. The van der Waals surface area contributed by atoms with Gasteiger partial charge < -0.3 is 5.32 Å². The summed E-state index contributed by atoms with van der Waals surface area (Å²) in [6, 6.07) is 11.4. The molecule has 1 fully saturated rings. The van der Waals surface area contributed by atoms with Crippen LogP contribution in [0.15, 0.2) is 30.3 Å². The first kappa shape index (κ1) is 15.5. The maximum atomic E-state index is 3.80. The van der Waals surface area contributed by atoms with Crippen molar-refractivity contribution in [2.75, 3.05) is 13.1 Å². The molecule has 0 aliphatic carbocycles. The molecule has 1 aliphatic rings. The molecular formula is C18H30N2. The first-order valence-electron chi connectivity index (χ1n) is 8.03. The molecule has 112 valence electrons. The Labute approximate surface area is 124 Å². The van der Waals surface area contributed by atoms with Crippen molar-refractivity contribution < 1.29 is 0 Å². The summed E-state index contributed by atoms with van der Waals surface area (Å²) < 4.78 is 0. The van der Waals surface area contributed by atoms with Gasteiger partial charge in [-0.2, -0.15) is 0 Å².